The van der Waals surface area contributed by atoms with Crippen molar-refractivity contribution in [3.8, 4) is 11.1 Å². The number of aryl methyl sites for hydroxylation is 1. The number of hydrogen-bond donors (Lipinski definition) is 2. The monoisotopic (exact) mass is 321 g/mol. The predicted molar refractivity (Wildman–Crippen MR) is 83.2 cm³/mol. The van der Waals surface area contributed by atoms with Crippen molar-refractivity contribution in [1.82, 2.24) is 4.98 Å². The third-order valence-electron chi connectivity index (χ3n) is 3.64. The first-order valence-electron chi connectivity index (χ1n) is 7.12. The van der Waals surface area contributed by atoms with E-state index in [0.29, 0.717) is 11.4 Å². The Labute approximate surface area is 131 Å². The molecule has 2 aromatic rings. The Morgan fingerprint density at radius 3 is 2.43 bits per heavy atom. The summed E-state index contributed by atoms with van der Waals surface area (Å²) >= 11 is 0. The molecule has 0 saturated heterocycles. The quantitative estimate of drug-likeness (QED) is 0.890. The molecule has 2 rings (SSSR count). The van der Waals surface area contributed by atoms with E-state index in [9.17, 15) is 23.5 Å². The minimum absolute atomic E-state index is 0.106. The molecule has 0 spiro atoms. The fourth-order valence-electron chi connectivity index (χ4n) is 2.57. The number of benzene rings is 1. The third kappa shape index (κ3) is 3.16. The maximum Gasteiger partial charge on any atom is 0.341 e. The minimum atomic E-state index is -2.66. The fraction of sp³-hybridized carbons (Fsp3) is 0.294. The van der Waals surface area contributed by atoms with Crippen LogP contribution < -0.4 is 5.43 Å². The zero-order valence-electron chi connectivity index (χ0n) is 13.0. The van der Waals surface area contributed by atoms with Gasteiger partial charge >= 0.3 is 5.97 Å². The molecule has 0 radical (unpaired) electrons. The number of H-pyrrole nitrogens is 1. The Bertz CT molecular complexity index is 810. The molecule has 0 fully saturated rings. The van der Waals surface area contributed by atoms with Crippen LogP contribution >= 0.6 is 0 Å². The average molecular weight is 321 g/mol. The van der Waals surface area contributed by atoms with Gasteiger partial charge in [-0.3, -0.25) is 4.79 Å². The standard InChI is InChI=1S/C17H17F2NO3/c1-8(2)14-13(17(22)23)15(21)12(9(3)20-14)10-5-4-6-11(7-10)16(18)19/h4-8,16H,1-3H3,(H,20,21)(H,22,23). The van der Waals surface area contributed by atoms with Gasteiger partial charge in [-0.25, -0.2) is 13.6 Å². The van der Waals surface area contributed by atoms with Crippen LogP contribution in [0.2, 0.25) is 0 Å². The molecule has 23 heavy (non-hydrogen) atoms. The second-order valence-corrected chi connectivity index (χ2v) is 5.63. The topological polar surface area (TPSA) is 70.2 Å². The Kier molecular flexibility index (Phi) is 4.63. The fourth-order valence-corrected chi connectivity index (χ4v) is 2.57. The van der Waals surface area contributed by atoms with Crippen molar-refractivity contribution in [3.05, 3.63) is 57.0 Å². The number of aromatic nitrogens is 1. The van der Waals surface area contributed by atoms with Crippen molar-refractivity contribution in [3.63, 3.8) is 0 Å². The molecular formula is C17H17F2NO3. The number of nitrogens with one attached hydrogen (secondary N) is 1. The first-order chi connectivity index (χ1) is 10.7. The number of aromatic amines is 1. The van der Waals surface area contributed by atoms with Crippen LogP contribution in [0.5, 0.6) is 0 Å². The molecular weight excluding hydrogens is 304 g/mol. The van der Waals surface area contributed by atoms with Crippen molar-refractivity contribution >= 4 is 5.97 Å². The van der Waals surface area contributed by atoms with Gasteiger partial charge in [0.25, 0.3) is 6.43 Å². The van der Waals surface area contributed by atoms with Gasteiger partial charge in [0.05, 0.1) is 0 Å². The predicted octanol–water partition coefficient (Wildman–Crippen LogP) is 4.11. The van der Waals surface area contributed by atoms with Crippen LogP contribution in [0.15, 0.2) is 29.1 Å². The Hall–Kier alpha value is -2.50. The molecule has 0 aliphatic rings. The van der Waals surface area contributed by atoms with Crippen molar-refractivity contribution in [2.24, 2.45) is 0 Å². The molecule has 2 N–H and O–H groups in total. The summed E-state index contributed by atoms with van der Waals surface area (Å²) in [5.41, 5.74) is -0.0597. The van der Waals surface area contributed by atoms with E-state index in [1.54, 1.807) is 20.8 Å². The zero-order chi connectivity index (χ0) is 17.3. The second kappa shape index (κ2) is 6.32. The number of carboxylic acids is 1. The minimum Gasteiger partial charge on any atom is -0.477 e. The second-order valence-electron chi connectivity index (χ2n) is 5.63. The van der Waals surface area contributed by atoms with E-state index in [2.05, 4.69) is 4.98 Å². The molecule has 0 amide bonds. The van der Waals surface area contributed by atoms with Gasteiger partial charge in [-0.2, -0.15) is 0 Å². The van der Waals surface area contributed by atoms with Crippen LogP contribution in [0.1, 0.15) is 53.5 Å². The molecule has 0 aliphatic carbocycles. The first-order valence-corrected chi connectivity index (χ1v) is 7.12. The van der Waals surface area contributed by atoms with Crippen LogP contribution in [0, 0.1) is 6.92 Å². The van der Waals surface area contributed by atoms with E-state index in [-0.39, 0.29) is 28.2 Å². The van der Waals surface area contributed by atoms with Crippen LogP contribution in [0.25, 0.3) is 11.1 Å². The Morgan fingerprint density at radius 1 is 1.26 bits per heavy atom. The maximum atomic E-state index is 12.9. The molecule has 1 aromatic heterocycles. The van der Waals surface area contributed by atoms with Gasteiger partial charge in [0, 0.05) is 22.5 Å². The smallest absolute Gasteiger partial charge is 0.341 e. The molecule has 0 aliphatic heterocycles. The lowest BCUT2D eigenvalue weighted by Gasteiger charge is -2.15. The van der Waals surface area contributed by atoms with E-state index >= 15 is 0 Å². The SMILES string of the molecule is Cc1[nH]c(C(C)C)c(C(=O)O)c(=O)c1-c1cccc(C(F)F)c1. The number of carbonyl (C=O) groups is 1. The van der Waals surface area contributed by atoms with Crippen molar-refractivity contribution in [2.45, 2.75) is 33.1 Å². The summed E-state index contributed by atoms with van der Waals surface area (Å²) < 4.78 is 25.7. The molecule has 122 valence electrons. The lowest BCUT2D eigenvalue weighted by molar-refractivity contribution is 0.0693. The molecule has 0 atom stereocenters. The summed E-state index contributed by atoms with van der Waals surface area (Å²) in [5.74, 6) is -1.52. The molecule has 0 saturated carbocycles. The van der Waals surface area contributed by atoms with Gasteiger partial charge in [-0.15, -0.1) is 0 Å². The zero-order valence-corrected chi connectivity index (χ0v) is 13.0. The van der Waals surface area contributed by atoms with Crippen LogP contribution in [0.3, 0.4) is 0 Å². The normalized spacial score (nSPS) is 11.3. The Morgan fingerprint density at radius 2 is 1.91 bits per heavy atom. The van der Waals surface area contributed by atoms with Crippen LogP contribution in [-0.4, -0.2) is 16.1 Å². The number of carboxylic acid groups (broad SMARTS) is 1. The van der Waals surface area contributed by atoms with E-state index in [0.717, 1.165) is 0 Å². The molecule has 0 bridgehead atoms. The number of alkyl halides is 2. The lowest BCUT2D eigenvalue weighted by atomic mass is 9.95. The number of aromatic carboxylic acids is 1. The number of halogens is 2. The summed E-state index contributed by atoms with van der Waals surface area (Å²) in [5, 5.41) is 9.36. The van der Waals surface area contributed by atoms with Gasteiger partial charge in [-0.05, 0) is 24.5 Å². The highest BCUT2D eigenvalue weighted by Gasteiger charge is 2.23. The van der Waals surface area contributed by atoms with Gasteiger partial charge in [0.15, 0.2) is 0 Å². The van der Waals surface area contributed by atoms with Crippen LogP contribution in [0.4, 0.5) is 8.78 Å². The summed E-state index contributed by atoms with van der Waals surface area (Å²) in [4.78, 5) is 27.1. The van der Waals surface area contributed by atoms with E-state index < -0.39 is 17.8 Å². The van der Waals surface area contributed by atoms with Crippen molar-refractivity contribution in [1.29, 1.82) is 0 Å². The number of rotatable bonds is 4. The summed E-state index contributed by atoms with van der Waals surface area (Å²) in [6.07, 6.45) is -2.66. The van der Waals surface area contributed by atoms with Crippen molar-refractivity contribution in [2.75, 3.05) is 0 Å². The number of hydrogen-bond acceptors (Lipinski definition) is 2. The average Bonchev–Trinajstić information content (AvgIpc) is 2.46. The third-order valence-corrected chi connectivity index (χ3v) is 3.64. The molecule has 6 heteroatoms. The summed E-state index contributed by atoms with van der Waals surface area (Å²) in [6.45, 7) is 5.17. The van der Waals surface area contributed by atoms with Gasteiger partial charge in [-0.1, -0.05) is 32.0 Å². The van der Waals surface area contributed by atoms with Gasteiger partial charge < -0.3 is 10.1 Å². The van der Waals surface area contributed by atoms with Crippen molar-refractivity contribution < 1.29 is 18.7 Å². The molecule has 1 heterocycles. The summed E-state index contributed by atoms with van der Waals surface area (Å²) in [7, 11) is 0. The van der Waals surface area contributed by atoms with Crippen LogP contribution in [-0.2, 0) is 0 Å². The molecule has 0 unspecified atom stereocenters. The lowest BCUT2D eigenvalue weighted by Crippen LogP contribution is -2.23. The maximum absolute atomic E-state index is 12.9. The largest absolute Gasteiger partial charge is 0.477 e. The Balaban J connectivity index is 2.79. The van der Waals surface area contributed by atoms with Gasteiger partial charge in [0.2, 0.25) is 5.43 Å². The van der Waals surface area contributed by atoms with Gasteiger partial charge in [0.1, 0.15) is 5.56 Å². The van der Waals surface area contributed by atoms with E-state index in [1.807, 2.05) is 0 Å². The first kappa shape index (κ1) is 16.9. The van der Waals surface area contributed by atoms with E-state index in [1.165, 1.54) is 24.3 Å². The molecule has 1 aromatic carbocycles. The number of pyridine rings is 1. The highest BCUT2D eigenvalue weighted by atomic mass is 19.3. The highest BCUT2D eigenvalue weighted by Crippen LogP contribution is 2.27. The molecule has 4 nitrogen and oxygen atoms in total. The highest BCUT2D eigenvalue weighted by molar-refractivity contribution is 5.91. The summed E-state index contributed by atoms with van der Waals surface area (Å²) in [6, 6.07) is 5.41. The van der Waals surface area contributed by atoms with E-state index in [4.69, 9.17) is 0 Å².